The van der Waals surface area contributed by atoms with Gasteiger partial charge in [-0.2, -0.15) is 8.42 Å². The molecule has 0 aromatic heterocycles. The number of halogens is 1. The molecule has 2 aromatic carbocycles. The molecule has 4 rings (SSSR count). The van der Waals surface area contributed by atoms with Gasteiger partial charge in [0.15, 0.2) is 11.6 Å². The summed E-state index contributed by atoms with van der Waals surface area (Å²) < 4.78 is 48.4. The molecule has 1 fully saturated rings. The second kappa shape index (κ2) is 8.30. The lowest BCUT2D eigenvalue weighted by Gasteiger charge is -2.29. The topological polar surface area (TPSA) is 88.1 Å². The Kier molecular flexibility index (Phi) is 5.70. The van der Waals surface area contributed by atoms with Crippen LogP contribution in [0.1, 0.15) is 54.6 Å². The van der Waals surface area contributed by atoms with Gasteiger partial charge in [-0.15, -0.1) is 4.40 Å². The van der Waals surface area contributed by atoms with Gasteiger partial charge in [0.2, 0.25) is 0 Å². The van der Waals surface area contributed by atoms with Gasteiger partial charge in [-0.1, -0.05) is 12.5 Å². The van der Waals surface area contributed by atoms with Crippen molar-refractivity contribution >= 4 is 27.5 Å². The van der Waals surface area contributed by atoms with Crippen LogP contribution in [0.25, 0.3) is 0 Å². The number of methoxy groups -OCH3 is 1. The number of fused-ring (bicyclic) bond motifs is 3. The zero-order valence-corrected chi connectivity index (χ0v) is 18.2. The molecule has 1 atom stereocenters. The van der Waals surface area contributed by atoms with Gasteiger partial charge >= 0.3 is 0 Å². The van der Waals surface area contributed by atoms with Crippen LogP contribution in [-0.4, -0.2) is 33.8 Å². The van der Waals surface area contributed by atoms with E-state index in [1.807, 2.05) is 4.90 Å². The molecule has 31 heavy (non-hydrogen) atoms. The maximum absolute atomic E-state index is 14.0. The number of hydrogen-bond donors (Lipinski definition) is 1. The molecule has 0 spiro atoms. The van der Waals surface area contributed by atoms with E-state index in [9.17, 15) is 17.6 Å². The van der Waals surface area contributed by atoms with E-state index in [1.54, 1.807) is 25.1 Å². The van der Waals surface area contributed by atoms with Gasteiger partial charge in [-0.25, -0.2) is 4.39 Å². The maximum Gasteiger partial charge on any atom is 0.286 e. The Hall–Kier alpha value is -2.94. The van der Waals surface area contributed by atoms with E-state index in [2.05, 4.69) is 9.71 Å². The SMILES string of the molecule is COc1ccc(C(C)NC(=O)c2ccc3c(c2)S(=O)(=O)N=C2CCCCCN23)cc1F. The second-order valence-corrected chi connectivity index (χ2v) is 9.29. The molecule has 0 bridgehead atoms. The number of carbonyl (C=O) groups is 1. The Balaban J connectivity index is 1.59. The quantitative estimate of drug-likeness (QED) is 0.773. The fraction of sp³-hybridized carbons (Fsp3) is 0.364. The van der Waals surface area contributed by atoms with Crippen molar-refractivity contribution in [3.05, 3.63) is 53.3 Å². The highest BCUT2D eigenvalue weighted by atomic mass is 32.2. The summed E-state index contributed by atoms with van der Waals surface area (Å²) in [7, 11) is -2.49. The normalized spacial score (nSPS) is 18.2. The number of amides is 1. The number of nitrogens with one attached hydrogen (secondary N) is 1. The first-order valence-corrected chi connectivity index (χ1v) is 11.6. The van der Waals surface area contributed by atoms with E-state index in [0.29, 0.717) is 30.1 Å². The fourth-order valence-electron chi connectivity index (χ4n) is 3.94. The average molecular weight is 446 g/mol. The van der Waals surface area contributed by atoms with E-state index in [-0.39, 0.29) is 16.2 Å². The van der Waals surface area contributed by atoms with Crippen LogP contribution in [0.4, 0.5) is 10.1 Å². The Morgan fingerprint density at radius 3 is 2.74 bits per heavy atom. The molecule has 164 valence electrons. The molecule has 2 aromatic rings. The van der Waals surface area contributed by atoms with Crippen LogP contribution in [0.5, 0.6) is 5.75 Å². The van der Waals surface area contributed by atoms with Crippen molar-refractivity contribution in [2.24, 2.45) is 4.40 Å². The van der Waals surface area contributed by atoms with Crippen molar-refractivity contribution in [1.29, 1.82) is 0 Å². The number of nitrogens with zero attached hydrogens (tertiary/aromatic N) is 2. The number of amidine groups is 1. The van der Waals surface area contributed by atoms with Crippen LogP contribution >= 0.6 is 0 Å². The smallest absolute Gasteiger partial charge is 0.286 e. The van der Waals surface area contributed by atoms with E-state index < -0.39 is 27.8 Å². The number of ether oxygens (including phenoxy) is 1. The Labute approximate surface area is 181 Å². The first-order valence-electron chi connectivity index (χ1n) is 10.2. The Morgan fingerprint density at radius 2 is 2.00 bits per heavy atom. The summed E-state index contributed by atoms with van der Waals surface area (Å²) in [4.78, 5) is 14.8. The molecule has 7 nitrogen and oxygen atoms in total. The highest BCUT2D eigenvalue weighted by molar-refractivity contribution is 7.90. The lowest BCUT2D eigenvalue weighted by molar-refractivity contribution is 0.0939. The van der Waals surface area contributed by atoms with Crippen molar-refractivity contribution < 1.29 is 22.3 Å². The van der Waals surface area contributed by atoms with Crippen LogP contribution in [0.3, 0.4) is 0 Å². The summed E-state index contributed by atoms with van der Waals surface area (Å²) in [5.41, 5.74) is 1.33. The summed E-state index contributed by atoms with van der Waals surface area (Å²) in [6.45, 7) is 2.43. The third-order valence-corrected chi connectivity index (χ3v) is 6.97. The molecule has 0 saturated carbocycles. The predicted molar refractivity (Wildman–Crippen MR) is 116 cm³/mol. The molecular weight excluding hydrogens is 421 g/mol. The van der Waals surface area contributed by atoms with Crippen molar-refractivity contribution in [2.45, 2.75) is 43.5 Å². The van der Waals surface area contributed by atoms with Gasteiger partial charge in [0.1, 0.15) is 10.7 Å². The first kappa shape index (κ1) is 21.3. The highest BCUT2D eigenvalue weighted by Crippen LogP contribution is 2.35. The number of rotatable bonds is 4. The largest absolute Gasteiger partial charge is 0.494 e. The zero-order valence-electron chi connectivity index (χ0n) is 17.4. The summed E-state index contributed by atoms with van der Waals surface area (Å²) in [5.74, 6) is -0.285. The molecule has 1 saturated heterocycles. The lowest BCUT2D eigenvalue weighted by atomic mass is 10.1. The minimum atomic E-state index is -3.88. The van der Waals surface area contributed by atoms with E-state index in [1.165, 1.54) is 25.3 Å². The second-order valence-electron chi connectivity index (χ2n) is 7.72. The monoisotopic (exact) mass is 445 g/mol. The minimum Gasteiger partial charge on any atom is -0.494 e. The Bertz CT molecular complexity index is 1160. The molecule has 0 aliphatic carbocycles. The third-order valence-electron chi connectivity index (χ3n) is 5.63. The first-order chi connectivity index (χ1) is 14.8. The standard InChI is InChI=1S/C22H24FN3O4S/c1-14(15-8-10-19(30-2)17(23)12-15)24-22(27)16-7-9-18-20(13-16)31(28,29)25-21-6-4-3-5-11-26(18)21/h7-10,12-14H,3-6,11H2,1-2H3,(H,24,27). The molecule has 1 N–H and O–H groups in total. The number of carbonyl (C=O) groups excluding carboxylic acids is 1. The van der Waals surface area contributed by atoms with Gasteiger partial charge in [-0.3, -0.25) is 4.79 Å². The average Bonchev–Trinajstić information content (AvgIpc) is 2.98. The summed E-state index contributed by atoms with van der Waals surface area (Å²) in [6.07, 6.45) is 3.51. The number of benzene rings is 2. The fourth-order valence-corrected chi connectivity index (χ4v) is 5.22. The number of sulfonamides is 1. The molecular formula is C22H24FN3O4S. The molecule has 2 heterocycles. The van der Waals surface area contributed by atoms with Crippen molar-refractivity contribution in [3.8, 4) is 5.75 Å². The predicted octanol–water partition coefficient (Wildman–Crippen LogP) is 3.81. The van der Waals surface area contributed by atoms with E-state index >= 15 is 0 Å². The van der Waals surface area contributed by atoms with Crippen LogP contribution in [0, 0.1) is 5.82 Å². The van der Waals surface area contributed by atoms with E-state index in [0.717, 1.165) is 19.3 Å². The molecule has 1 unspecified atom stereocenters. The van der Waals surface area contributed by atoms with Crippen molar-refractivity contribution in [3.63, 3.8) is 0 Å². The molecule has 9 heteroatoms. The van der Waals surface area contributed by atoms with Gasteiger partial charge < -0.3 is 15.0 Å². The van der Waals surface area contributed by atoms with Gasteiger partial charge in [0, 0.05) is 18.5 Å². The minimum absolute atomic E-state index is 0.0361. The lowest BCUT2D eigenvalue weighted by Crippen LogP contribution is -2.35. The summed E-state index contributed by atoms with van der Waals surface area (Å²) in [6, 6.07) is 8.62. The van der Waals surface area contributed by atoms with Gasteiger partial charge in [0.25, 0.3) is 15.9 Å². The molecule has 0 radical (unpaired) electrons. The van der Waals surface area contributed by atoms with Crippen LogP contribution in [-0.2, 0) is 10.0 Å². The van der Waals surface area contributed by atoms with Crippen LogP contribution in [0.15, 0.2) is 45.7 Å². The highest BCUT2D eigenvalue weighted by Gasteiger charge is 2.32. The number of hydrogen-bond acceptors (Lipinski definition) is 5. The third kappa shape index (κ3) is 4.14. The molecule has 2 aliphatic heterocycles. The van der Waals surface area contributed by atoms with Gasteiger partial charge in [-0.05, 0) is 55.7 Å². The van der Waals surface area contributed by atoms with Crippen molar-refractivity contribution in [1.82, 2.24) is 5.32 Å². The van der Waals surface area contributed by atoms with Gasteiger partial charge in [0.05, 0.1) is 18.8 Å². The number of anilines is 1. The van der Waals surface area contributed by atoms with Crippen molar-refractivity contribution in [2.75, 3.05) is 18.6 Å². The molecule has 2 aliphatic rings. The van der Waals surface area contributed by atoms with E-state index in [4.69, 9.17) is 4.74 Å². The van der Waals surface area contributed by atoms with Crippen LogP contribution in [0.2, 0.25) is 0 Å². The van der Waals surface area contributed by atoms with Crippen LogP contribution < -0.4 is 15.0 Å². The Morgan fingerprint density at radius 1 is 1.19 bits per heavy atom. The summed E-state index contributed by atoms with van der Waals surface area (Å²) in [5, 5.41) is 2.79. The maximum atomic E-state index is 14.0. The summed E-state index contributed by atoms with van der Waals surface area (Å²) >= 11 is 0. The molecule has 1 amide bonds. The zero-order chi connectivity index (χ0) is 22.2.